The van der Waals surface area contributed by atoms with Crippen molar-refractivity contribution >= 4 is 22.9 Å². The second-order valence-corrected chi connectivity index (χ2v) is 6.10. The van der Waals surface area contributed by atoms with Crippen molar-refractivity contribution in [1.29, 1.82) is 0 Å². The minimum atomic E-state index is -3.02. The predicted molar refractivity (Wildman–Crippen MR) is 79.3 cm³/mol. The van der Waals surface area contributed by atoms with Gasteiger partial charge in [0.15, 0.2) is 0 Å². The fourth-order valence-electron chi connectivity index (χ4n) is 2.35. The Morgan fingerprint density at radius 1 is 1.39 bits per heavy atom. The van der Waals surface area contributed by atoms with E-state index in [1.807, 2.05) is 0 Å². The molecule has 0 bridgehead atoms. The van der Waals surface area contributed by atoms with Gasteiger partial charge in [-0.1, -0.05) is 0 Å². The fraction of sp³-hybridized carbons (Fsp3) is 0.267. The lowest BCUT2D eigenvalue weighted by atomic mass is 10.2. The van der Waals surface area contributed by atoms with Gasteiger partial charge in [-0.25, -0.2) is 4.39 Å². The molecule has 1 amide bonds. The Kier molecular flexibility index (Phi) is 4.16. The number of benzene rings is 1. The number of nitrogens with zero attached hydrogens (tertiary/aromatic N) is 1. The number of fused-ring (bicyclic) bond motifs is 1. The number of carbonyl (C=O) groups is 1. The first-order chi connectivity index (χ1) is 11.0. The number of hydrogen-bond acceptors (Lipinski definition) is 4. The molecule has 0 N–H and O–H groups in total. The molecule has 0 spiro atoms. The topological polar surface area (TPSA) is 38.8 Å². The molecule has 0 radical (unpaired) electrons. The van der Waals surface area contributed by atoms with Gasteiger partial charge in [0.25, 0.3) is 5.91 Å². The molecule has 0 saturated carbocycles. The van der Waals surface area contributed by atoms with Crippen LogP contribution >= 0.6 is 11.3 Å². The average molecular weight is 343 g/mol. The molecule has 1 aromatic carbocycles. The maximum Gasteiger partial charge on any atom is 0.387 e. The van der Waals surface area contributed by atoms with Crippen LogP contribution in [-0.4, -0.2) is 25.7 Å². The third-order valence-electron chi connectivity index (χ3n) is 3.26. The maximum absolute atomic E-state index is 13.5. The van der Waals surface area contributed by atoms with E-state index in [1.54, 1.807) is 6.92 Å². The van der Waals surface area contributed by atoms with Crippen molar-refractivity contribution in [2.75, 3.05) is 18.1 Å². The van der Waals surface area contributed by atoms with Crippen LogP contribution in [0.5, 0.6) is 11.5 Å². The van der Waals surface area contributed by atoms with Gasteiger partial charge in [-0.3, -0.25) is 4.79 Å². The zero-order chi connectivity index (χ0) is 16.6. The zero-order valence-corrected chi connectivity index (χ0v) is 12.8. The van der Waals surface area contributed by atoms with Crippen molar-refractivity contribution in [3.63, 3.8) is 0 Å². The van der Waals surface area contributed by atoms with E-state index in [0.29, 0.717) is 10.6 Å². The number of anilines is 1. The molecule has 4 nitrogen and oxygen atoms in total. The van der Waals surface area contributed by atoms with Crippen LogP contribution in [0.1, 0.15) is 14.5 Å². The number of aryl methyl sites for hydroxylation is 1. The van der Waals surface area contributed by atoms with Gasteiger partial charge >= 0.3 is 6.61 Å². The van der Waals surface area contributed by atoms with Crippen LogP contribution in [-0.2, 0) is 0 Å². The molecule has 1 aromatic heterocycles. The summed E-state index contributed by atoms with van der Waals surface area (Å²) in [4.78, 5) is 14.8. The van der Waals surface area contributed by atoms with Crippen molar-refractivity contribution in [2.24, 2.45) is 0 Å². The number of thiophene rings is 1. The molecule has 0 fully saturated rings. The molecule has 3 rings (SSSR count). The van der Waals surface area contributed by atoms with Gasteiger partial charge in [0.05, 0.1) is 12.2 Å². The number of alkyl halides is 2. The highest BCUT2D eigenvalue weighted by molar-refractivity contribution is 7.14. The first-order valence-electron chi connectivity index (χ1n) is 6.75. The number of carbonyl (C=O) groups excluding carboxylic acids is 1. The average Bonchev–Trinajstić information content (AvgIpc) is 2.85. The summed E-state index contributed by atoms with van der Waals surface area (Å²) in [7, 11) is 0. The minimum Gasteiger partial charge on any atom is -0.490 e. The van der Waals surface area contributed by atoms with Gasteiger partial charge in [0, 0.05) is 10.9 Å². The van der Waals surface area contributed by atoms with Gasteiger partial charge in [0.2, 0.25) is 0 Å². The van der Waals surface area contributed by atoms with Crippen LogP contribution in [0, 0.1) is 12.7 Å². The highest BCUT2D eigenvalue weighted by atomic mass is 32.1. The molecule has 2 heterocycles. The van der Waals surface area contributed by atoms with E-state index >= 15 is 0 Å². The fourth-order valence-corrected chi connectivity index (χ4v) is 3.24. The lowest BCUT2D eigenvalue weighted by molar-refractivity contribution is -0.0498. The Morgan fingerprint density at radius 3 is 2.91 bits per heavy atom. The van der Waals surface area contributed by atoms with Gasteiger partial charge in [-0.2, -0.15) is 8.78 Å². The third-order valence-corrected chi connectivity index (χ3v) is 4.28. The van der Waals surface area contributed by atoms with Crippen molar-refractivity contribution in [3.8, 4) is 11.5 Å². The number of amides is 1. The van der Waals surface area contributed by atoms with Crippen LogP contribution < -0.4 is 14.4 Å². The molecule has 122 valence electrons. The van der Waals surface area contributed by atoms with E-state index in [4.69, 9.17) is 4.74 Å². The van der Waals surface area contributed by atoms with Crippen LogP contribution in [0.15, 0.2) is 24.3 Å². The molecule has 0 aliphatic carbocycles. The smallest absolute Gasteiger partial charge is 0.387 e. The lowest BCUT2D eigenvalue weighted by Gasteiger charge is -2.29. The summed E-state index contributed by atoms with van der Waals surface area (Å²) in [5, 5.41) is 0. The highest BCUT2D eigenvalue weighted by Gasteiger charge is 2.29. The molecule has 0 saturated heterocycles. The van der Waals surface area contributed by atoms with Crippen LogP contribution in [0.3, 0.4) is 0 Å². The third kappa shape index (κ3) is 3.12. The number of ether oxygens (including phenoxy) is 2. The van der Waals surface area contributed by atoms with E-state index in [0.717, 1.165) is 11.3 Å². The van der Waals surface area contributed by atoms with E-state index in [1.165, 1.54) is 29.2 Å². The minimum absolute atomic E-state index is 0.0555. The van der Waals surface area contributed by atoms with Crippen LogP contribution in [0.25, 0.3) is 0 Å². The van der Waals surface area contributed by atoms with Gasteiger partial charge in [-0.15, -0.1) is 11.3 Å². The molecule has 23 heavy (non-hydrogen) atoms. The first kappa shape index (κ1) is 15.7. The van der Waals surface area contributed by atoms with Crippen molar-refractivity contribution in [3.05, 3.63) is 39.8 Å². The quantitative estimate of drug-likeness (QED) is 0.850. The zero-order valence-electron chi connectivity index (χ0n) is 12.0. The van der Waals surface area contributed by atoms with Crippen molar-refractivity contribution in [2.45, 2.75) is 13.5 Å². The summed E-state index contributed by atoms with van der Waals surface area (Å²) in [6, 6.07) is 5.23. The second kappa shape index (κ2) is 6.11. The summed E-state index contributed by atoms with van der Waals surface area (Å²) in [6.07, 6.45) is 0. The van der Waals surface area contributed by atoms with Crippen LogP contribution in [0.2, 0.25) is 0 Å². The summed E-state index contributed by atoms with van der Waals surface area (Å²) >= 11 is 1.05. The molecular formula is C15H12F3NO3S. The highest BCUT2D eigenvalue weighted by Crippen LogP contribution is 2.37. The molecule has 1 aliphatic heterocycles. The number of halogens is 3. The van der Waals surface area contributed by atoms with E-state index in [2.05, 4.69) is 4.74 Å². The van der Waals surface area contributed by atoms with E-state index in [-0.39, 0.29) is 29.5 Å². The summed E-state index contributed by atoms with van der Waals surface area (Å²) < 4.78 is 48.3. The molecule has 8 heteroatoms. The monoisotopic (exact) mass is 343 g/mol. The SMILES string of the molecule is Cc1cc(OC(F)F)c(C(=O)N2CCOc3ccc(F)cc32)s1. The Morgan fingerprint density at radius 2 is 2.17 bits per heavy atom. The van der Waals surface area contributed by atoms with E-state index in [9.17, 15) is 18.0 Å². The maximum atomic E-state index is 13.5. The molecule has 2 aromatic rings. The van der Waals surface area contributed by atoms with Gasteiger partial charge in [-0.05, 0) is 25.1 Å². The van der Waals surface area contributed by atoms with Gasteiger partial charge < -0.3 is 14.4 Å². The molecule has 0 unspecified atom stereocenters. The standard InChI is InChI=1S/C15H12F3NO3S/c1-8-6-12(22-15(17)18)13(23-8)14(20)19-4-5-21-11-3-2-9(16)7-10(11)19/h2-3,6-7,15H,4-5H2,1H3. The van der Waals surface area contributed by atoms with Crippen molar-refractivity contribution in [1.82, 2.24) is 0 Å². The Hall–Kier alpha value is -2.22. The number of hydrogen-bond donors (Lipinski definition) is 0. The first-order valence-corrected chi connectivity index (χ1v) is 7.57. The second-order valence-electron chi connectivity index (χ2n) is 4.85. The Bertz CT molecular complexity index is 748. The van der Waals surface area contributed by atoms with Gasteiger partial charge in [0.1, 0.15) is 28.8 Å². The summed E-state index contributed by atoms with van der Waals surface area (Å²) in [5.41, 5.74) is 0.273. The molecule has 1 aliphatic rings. The predicted octanol–water partition coefficient (Wildman–Crippen LogP) is 3.84. The molecule has 0 atom stereocenters. The Balaban J connectivity index is 1.98. The summed E-state index contributed by atoms with van der Waals surface area (Å²) in [5.74, 6) is -0.833. The van der Waals surface area contributed by atoms with Crippen molar-refractivity contribution < 1.29 is 27.4 Å². The number of rotatable bonds is 3. The normalized spacial score (nSPS) is 13.7. The van der Waals surface area contributed by atoms with E-state index < -0.39 is 18.3 Å². The molecular weight excluding hydrogens is 331 g/mol. The largest absolute Gasteiger partial charge is 0.490 e. The summed E-state index contributed by atoms with van der Waals surface area (Å²) in [6.45, 7) is -0.905. The van der Waals surface area contributed by atoms with Crippen LogP contribution in [0.4, 0.5) is 18.9 Å². The lowest BCUT2D eigenvalue weighted by Crippen LogP contribution is -2.37. The Labute approximate surface area is 134 Å².